The van der Waals surface area contributed by atoms with Crippen molar-refractivity contribution < 1.29 is 26.4 Å². The molecule has 0 aliphatic rings. The van der Waals surface area contributed by atoms with Gasteiger partial charge in [-0.2, -0.15) is 13.2 Å². The number of benzene rings is 2. The van der Waals surface area contributed by atoms with Crippen molar-refractivity contribution in [3.05, 3.63) is 59.2 Å². The van der Waals surface area contributed by atoms with Gasteiger partial charge in [-0.25, -0.2) is 13.1 Å². The summed E-state index contributed by atoms with van der Waals surface area (Å²) < 4.78 is 65.6. The lowest BCUT2D eigenvalue weighted by atomic mass is 10.1. The molecule has 28 heavy (non-hydrogen) atoms. The Bertz CT molecular complexity index is 957. The smallest absolute Gasteiger partial charge is 0.322 e. The van der Waals surface area contributed by atoms with Crippen molar-refractivity contribution in [3.8, 4) is 0 Å². The Morgan fingerprint density at radius 1 is 1.11 bits per heavy atom. The molecule has 2 aromatic carbocycles. The van der Waals surface area contributed by atoms with Gasteiger partial charge in [-0.3, -0.25) is 4.79 Å². The average molecular weight is 414 g/mol. The number of alkyl halides is 3. The first kappa shape index (κ1) is 21.9. The number of unbranched alkanes of at least 4 members (excludes halogenated alkanes) is 1. The Labute approximate surface area is 162 Å². The monoisotopic (exact) mass is 414 g/mol. The van der Waals surface area contributed by atoms with E-state index in [9.17, 15) is 26.4 Å². The summed E-state index contributed by atoms with van der Waals surface area (Å²) in [5.74, 6) is -0.692. The van der Waals surface area contributed by atoms with E-state index in [4.69, 9.17) is 0 Å². The highest BCUT2D eigenvalue weighted by atomic mass is 32.2. The predicted octanol–water partition coefficient (Wildman–Crippen LogP) is 4.34. The molecule has 0 saturated carbocycles. The fourth-order valence-electron chi connectivity index (χ4n) is 2.45. The van der Waals surface area contributed by atoms with Gasteiger partial charge in [-0.1, -0.05) is 25.5 Å². The Balaban J connectivity index is 2.27. The zero-order valence-electron chi connectivity index (χ0n) is 15.4. The second-order valence-corrected chi connectivity index (χ2v) is 8.03. The summed E-state index contributed by atoms with van der Waals surface area (Å²) in [7, 11) is -3.78. The van der Waals surface area contributed by atoms with Crippen LogP contribution in [0, 0.1) is 6.92 Å². The highest BCUT2D eigenvalue weighted by Gasteiger charge is 2.30. The van der Waals surface area contributed by atoms with Gasteiger partial charge in [-0.05, 0) is 49.2 Å². The van der Waals surface area contributed by atoms with Gasteiger partial charge in [-0.15, -0.1) is 0 Å². The minimum atomic E-state index is -4.53. The van der Waals surface area contributed by atoms with Crippen LogP contribution in [-0.2, 0) is 16.2 Å². The molecule has 0 unspecified atom stereocenters. The van der Waals surface area contributed by atoms with E-state index >= 15 is 0 Å². The van der Waals surface area contributed by atoms with Crippen LogP contribution in [-0.4, -0.2) is 20.9 Å². The Hall–Kier alpha value is -2.39. The summed E-state index contributed by atoms with van der Waals surface area (Å²) in [6.07, 6.45) is -3.04. The van der Waals surface area contributed by atoms with E-state index in [2.05, 4.69) is 10.0 Å². The number of anilines is 1. The molecule has 9 heteroatoms. The molecule has 0 radical (unpaired) electrons. The average Bonchev–Trinajstić information content (AvgIpc) is 2.61. The van der Waals surface area contributed by atoms with Crippen LogP contribution in [0.5, 0.6) is 0 Å². The molecule has 2 N–H and O–H groups in total. The molecule has 1 amide bonds. The lowest BCUT2D eigenvalue weighted by Crippen LogP contribution is -2.25. The first-order valence-corrected chi connectivity index (χ1v) is 10.1. The van der Waals surface area contributed by atoms with Crippen molar-refractivity contribution in [2.45, 2.75) is 37.8 Å². The second-order valence-electron chi connectivity index (χ2n) is 6.26. The minimum Gasteiger partial charge on any atom is -0.322 e. The molecule has 0 bridgehead atoms. The van der Waals surface area contributed by atoms with Crippen molar-refractivity contribution in [2.24, 2.45) is 0 Å². The molecular formula is C19H21F3N2O3S. The van der Waals surface area contributed by atoms with Crippen molar-refractivity contribution in [1.82, 2.24) is 4.72 Å². The number of hydrogen-bond acceptors (Lipinski definition) is 3. The van der Waals surface area contributed by atoms with E-state index in [0.717, 1.165) is 18.6 Å². The number of amides is 1. The zero-order chi connectivity index (χ0) is 20.9. The summed E-state index contributed by atoms with van der Waals surface area (Å²) in [6, 6.07) is 8.31. The van der Waals surface area contributed by atoms with Gasteiger partial charge in [0.05, 0.1) is 10.5 Å². The maximum atomic E-state index is 12.8. The van der Waals surface area contributed by atoms with Gasteiger partial charge in [0.2, 0.25) is 10.0 Å². The fourth-order valence-corrected chi connectivity index (χ4v) is 3.55. The first-order chi connectivity index (χ1) is 13.0. The molecule has 0 aromatic heterocycles. The molecule has 0 spiro atoms. The molecular weight excluding hydrogens is 393 g/mol. The first-order valence-electron chi connectivity index (χ1n) is 8.63. The third-order valence-corrected chi connectivity index (χ3v) is 5.49. The molecule has 0 heterocycles. The minimum absolute atomic E-state index is 0.0337. The van der Waals surface area contributed by atoms with E-state index in [1.165, 1.54) is 30.3 Å². The van der Waals surface area contributed by atoms with Crippen LogP contribution in [0.3, 0.4) is 0 Å². The van der Waals surface area contributed by atoms with Crippen LogP contribution < -0.4 is 10.0 Å². The number of nitrogens with one attached hydrogen (secondary N) is 2. The van der Waals surface area contributed by atoms with E-state index in [1.54, 1.807) is 6.92 Å². The lowest BCUT2D eigenvalue weighted by molar-refractivity contribution is -0.137. The molecule has 152 valence electrons. The SMILES string of the molecule is CCCCNS(=O)(=O)c1ccc(C)c(C(=O)Nc2cccc(C(F)(F)F)c2)c1. The Kier molecular flexibility index (Phi) is 6.84. The van der Waals surface area contributed by atoms with E-state index in [-0.39, 0.29) is 22.7 Å². The van der Waals surface area contributed by atoms with Gasteiger partial charge < -0.3 is 5.32 Å². The van der Waals surface area contributed by atoms with Crippen LogP contribution in [0.2, 0.25) is 0 Å². The predicted molar refractivity (Wildman–Crippen MR) is 101 cm³/mol. The van der Waals surface area contributed by atoms with E-state index in [0.29, 0.717) is 12.0 Å². The van der Waals surface area contributed by atoms with Crippen LogP contribution >= 0.6 is 0 Å². The standard InChI is InChI=1S/C19H21F3N2O3S/c1-3-4-10-23-28(26,27)16-9-8-13(2)17(12-16)18(25)24-15-7-5-6-14(11-15)19(20,21)22/h5-9,11-12,23H,3-4,10H2,1-2H3,(H,24,25). The third kappa shape index (κ3) is 5.56. The molecule has 0 saturated heterocycles. The topological polar surface area (TPSA) is 75.3 Å². The highest BCUT2D eigenvalue weighted by Crippen LogP contribution is 2.30. The molecule has 5 nitrogen and oxygen atoms in total. The van der Waals surface area contributed by atoms with Crippen LogP contribution in [0.1, 0.15) is 41.3 Å². The van der Waals surface area contributed by atoms with Crippen LogP contribution in [0.25, 0.3) is 0 Å². The number of carbonyl (C=O) groups is 1. The Morgan fingerprint density at radius 3 is 2.46 bits per heavy atom. The summed E-state index contributed by atoms with van der Waals surface area (Å²) in [4.78, 5) is 12.4. The molecule has 0 fully saturated rings. The van der Waals surface area contributed by atoms with Crippen molar-refractivity contribution in [1.29, 1.82) is 0 Å². The van der Waals surface area contributed by atoms with Crippen LogP contribution in [0.4, 0.5) is 18.9 Å². The van der Waals surface area contributed by atoms with Crippen molar-refractivity contribution >= 4 is 21.6 Å². The van der Waals surface area contributed by atoms with Crippen LogP contribution in [0.15, 0.2) is 47.4 Å². The molecule has 0 atom stereocenters. The number of halogens is 3. The van der Waals surface area contributed by atoms with Gasteiger partial charge in [0.1, 0.15) is 0 Å². The number of aryl methyl sites for hydroxylation is 1. The maximum absolute atomic E-state index is 12.8. The van der Waals surface area contributed by atoms with Crippen molar-refractivity contribution in [3.63, 3.8) is 0 Å². The quantitative estimate of drug-likeness (QED) is 0.662. The van der Waals surface area contributed by atoms with Gasteiger partial charge in [0.15, 0.2) is 0 Å². The summed E-state index contributed by atoms with van der Waals surface area (Å²) >= 11 is 0. The largest absolute Gasteiger partial charge is 0.416 e. The lowest BCUT2D eigenvalue weighted by Gasteiger charge is -2.12. The summed E-state index contributed by atoms with van der Waals surface area (Å²) in [6.45, 7) is 3.82. The number of carbonyl (C=O) groups excluding carboxylic acids is 1. The third-order valence-electron chi connectivity index (χ3n) is 4.03. The summed E-state index contributed by atoms with van der Waals surface area (Å²) in [5, 5.41) is 2.39. The Morgan fingerprint density at radius 2 is 1.82 bits per heavy atom. The molecule has 0 aliphatic carbocycles. The number of rotatable bonds is 7. The number of sulfonamides is 1. The second kappa shape index (κ2) is 8.74. The maximum Gasteiger partial charge on any atom is 0.416 e. The van der Waals surface area contributed by atoms with Gasteiger partial charge in [0.25, 0.3) is 5.91 Å². The van der Waals surface area contributed by atoms with Gasteiger partial charge in [0, 0.05) is 17.8 Å². The fraction of sp³-hybridized carbons (Fsp3) is 0.316. The highest BCUT2D eigenvalue weighted by molar-refractivity contribution is 7.89. The van der Waals surface area contributed by atoms with E-state index < -0.39 is 27.7 Å². The van der Waals surface area contributed by atoms with Crippen molar-refractivity contribution in [2.75, 3.05) is 11.9 Å². The van der Waals surface area contributed by atoms with Gasteiger partial charge >= 0.3 is 6.18 Å². The normalized spacial score (nSPS) is 12.0. The molecule has 2 aromatic rings. The zero-order valence-corrected chi connectivity index (χ0v) is 16.2. The molecule has 0 aliphatic heterocycles. The summed E-state index contributed by atoms with van der Waals surface area (Å²) in [5.41, 5.74) is -0.361. The number of hydrogen-bond donors (Lipinski definition) is 2. The molecule has 2 rings (SSSR count). The van der Waals surface area contributed by atoms with E-state index in [1.807, 2.05) is 6.92 Å².